The fourth-order valence-corrected chi connectivity index (χ4v) is 0.973. The lowest BCUT2D eigenvalue weighted by Crippen LogP contribution is -2.14. The summed E-state index contributed by atoms with van der Waals surface area (Å²) in [6.07, 6.45) is 0.366. The molecule has 10 nitrogen and oxygen atoms in total. The molecule has 0 heterocycles. The third-order valence-corrected chi connectivity index (χ3v) is 1.48. The predicted molar refractivity (Wildman–Crippen MR) is 88.7 cm³/mol. The Bertz CT molecular complexity index is 357. The molecule has 0 aliphatic rings. The summed E-state index contributed by atoms with van der Waals surface area (Å²) >= 11 is 9.99. The van der Waals surface area contributed by atoms with E-state index in [0.29, 0.717) is 6.42 Å². The molecule has 0 fully saturated rings. The Kier molecular flexibility index (Phi) is 32.9. The molecule has 4 N–H and O–H groups in total. The van der Waals surface area contributed by atoms with Crippen molar-refractivity contribution in [1.82, 2.24) is 0 Å². The van der Waals surface area contributed by atoms with Crippen LogP contribution in [0.5, 0.6) is 0 Å². The SMILES string of the molecule is CC(=O)O.CC(=O)O.CC(=O)O.CC(=O)O.CCC(C(=O)Cl)C(=O)Cl. The van der Waals surface area contributed by atoms with Gasteiger partial charge in [0.05, 0.1) is 0 Å². The maximum Gasteiger partial charge on any atom is 0.300 e. The van der Waals surface area contributed by atoms with Gasteiger partial charge in [-0.1, -0.05) is 6.92 Å². The lowest BCUT2D eigenvalue weighted by molar-refractivity contribution is -0.135. The molecule has 12 heteroatoms. The van der Waals surface area contributed by atoms with Gasteiger partial charge in [-0.05, 0) is 29.6 Å². The number of aliphatic carboxylic acids is 4. The molecule has 0 radical (unpaired) electrons. The molecule has 0 spiro atoms. The Morgan fingerprint density at radius 3 is 0.760 bits per heavy atom. The molecule has 25 heavy (non-hydrogen) atoms. The maximum atomic E-state index is 10.3. The summed E-state index contributed by atoms with van der Waals surface area (Å²) in [7, 11) is 0. The van der Waals surface area contributed by atoms with E-state index in [1.54, 1.807) is 6.92 Å². The van der Waals surface area contributed by atoms with E-state index in [1.165, 1.54) is 0 Å². The minimum absolute atomic E-state index is 0.366. The first-order valence-electron chi connectivity index (χ1n) is 6.19. The van der Waals surface area contributed by atoms with Gasteiger partial charge in [-0.3, -0.25) is 28.8 Å². The van der Waals surface area contributed by atoms with Crippen molar-refractivity contribution >= 4 is 57.6 Å². The monoisotopic (exact) mass is 408 g/mol. The quantitative estimate of drug-likeness (QED) is 0.396. The minimum Gasteiger partial charge on any atom is -0.481 e. The summed E-state index contributed by atoms with van der Waals surface area (Å²) in [6, 6.07) is 0. The molecular formula is C13H22Cl2O10. The Balaban J connectivity index is -0.0000000714. The number of carboxylic acids is 4. The lowest BCUT2D eigenvalue weighted by atomic mass is 10.1. The second-order valence-electron chi connectivity index (χ2n) is 3.65. The highest BCUT2D eigenvalue weighted by atomic mass is 35.5. The molecule has 148 valence electrons. The normalized spacial score (nSPS) is 7.52. The van der Waals surface area contributed by atoms with Crippen molar-refractivity contribution in [3.8, 4) is 0 Å². The van der Waals surface area contributed by atoms with Crippen LogP contribution in [0.15, 0.2) is 0 Å². The summed E-state index contributed by atoms with van der Waals surface area (Å²) in [5.41, 5.74) is 0. The van der Waals surface area contributed by atoms with Gasteiger partial charge in [-0.15, -0.1) is 0 Å². The fraction of sp³-hybridized carbons (Fsp3) is 0.538. The topological polar surface area (TPSA) is 183 Å². The van der Waals surface area contributed by atoms with Crippen LogP contribution in [0.4, 0.5) is 0 Å². The number of hydrogen-bond acceptors (Lipinski definition) is 6. The van der Waals surface area contributed by atoms with E-state index >= 15 is 0 Å². The van der Waals surface area contributed by atoms with Gasteiger partial charge in [0, 0.05) is 27.7 Å². The second kappa shape index (κ2) is 24.1. The van der Waals surface area contributed by atoms with E-state index in [2.05, 4.69) is 0 Å². The van der Waals surface area contributed by atoms with Crippen LogP contribution in [0.25, 0.3) is 0 Å². The Hall–Kier alpha value is -2.20. The van der Waals surface area contributed by atoms with Crippen molar-refractivity contribution in [3.05, 3.63) is 0 Å². The summed E-state index contributed by atoms with van der Waals surface area (Å²) in [5, 5.41) is 28.3. The van der Waals surface area contributed by atoms with Crippen molar-refractivity contribution in [1.29, 1.82) is 0 Å². The molecule has 0 amide bonds. The number of carbonyl (C=O) groups is 6. The van der Waals surface area contributed by atoms with Crippen LogP contribution < -0.4 is 0 Å². The first-order valence-corrected chi connectivity index (χ1v) is 6.95. The third kappa shape index (κ3) is 140. The predicted octanol–water partition coefficient (Wildman–Crippen LogP) is 1.91. The number of carboxylic acid groups (broad SMARTS) is 4. The van der Waals surface area contributed by atoms with E-state index in [0.717, 1.165) is 27.7 Å². The fourth-order valence-electron chi connectivity index (χ4n) is 0.410. The largest absolute Gasteiger partial charge is 0.481 e. The van der Waals surface area contributed by atoms with E-state index in [9.17, 15) is 9.59 Å². The Morgan fingerprint density at radius 2 is 0.760 bits per heavy atom. The molecule has 0 aromatic heterocycles. The number of hydrogen-bond donors (Lipinski definition) is 4. The lowest BCUT2D eigenvalue weighted by Gasteiger charge is -1.99. The van der Waals surface area contributed by atoms with E-state index < -0.39 is 40.3 Å². The molecule has 0 rings (SSSR count). The van der Waals surface area contributed by atoms with Gasteiger partial charge in [-0.2, -0.15) is 0 Å². The average molecular weight is 409 g/mol. The second-order valence-corrected chi connectivity index (χ2v) is 4.39. The van der Waals surface area contributed by atoms with Gasteiger partial charge < -0.3 is 20.4 Å². The first kappa shape index (κ1) is 34.2. The van der Waals surface area contributed by atoms with Crippen molar-refractivity contribution in [3.63, 3.8) is 0 Å². The van der Waals surface area contributed by atoms with Crippen molar-refractivity contribution in [2.24, 2.45) is 5.92 Å². The van der Waals surface area contributed by atoms with Crippen molar-refractivity contribution in [2.45, 2.75) is 41.0 Å². The van der Waals surface area contributed by atoms with Crippen molar-refractivity contribution in [2.75, 3.05) is 0 Å². The molecular weight excluding hydrogens is 387 g/mol. The van der Waals surface area contributed by atoms with Crippen LogP contribution in [0, 0.1) is 5.92 Å². The van der Waals surface area contributed by atoms with Gasteiger partial charge >= 0.3 is 0 Å². The van der Waals surface area contributed by atoms with Gasteiger partial charge in [0.1, 0.15) is 5.92 Å². The summed E-state index contributed by atoms with van der Waals surface area (Å²) in [4.78, 5) is 56.6. The molecule has 0 atom stereocenters. The van der Waals surface area contributed by atoms with Crippen LogP contribution in [-0.4, -0.2) is 54.8 Å². The molecule has 0 aromatic carbocycles. The molecule has 0 unspecified atom stereocenters. The van der Waals surface area contributed by atoms with Crippen LogP contribution in [0.2, 0.25) is 0 Å². The summed E-state index contributed by atoms with van der Waals surface area (Å²) in [6.45, 7) is 6.01. The number of rotatable bonds is 3. The zero-order chi connectivity index (χ0) is 21.7. The highest BCUT2D eigenvalue weighted by Crippen LogP contribution is 2.10. The first-order chi connectivity index (χ1) is 11.0. The minimum atomic E-state index is -0.833. The van der Waals surface area contributed by atoms with Gasteiger partial charge in [-0.25, -0.2) is 0 Å². The van der Waals surface area contributed by atoms with E-state index in [4.69, 9.17) is 62.8 Å². The number of carbonyl (C=O) groups excluding carboxylic acids is 2. The van der Waals surface area contributed by atoms with Crippen LogP contribution in [0.1, 0.15) is 41.0 Å². The Morgan fingerprint density at radius 1 is 0.640 bits per heavy atom. The zero-order valence-electron chi connectivity index (χ0n) is 14.3. The molecule has 0 saturated carbocycles. The van der Waals surface area contributed by atoms with E-state index in [-0.39, 0.29) is 0 Å². The molecule has 0 aliphatic carbocycles. The van der Waals surface area contributed by atoms with Gasteiger partial charge in [0.15, 0.2) is 0 Å². The van der Waals surface area contributed by atoms with Crippen LogP contribution in [-0.2, 0) is 28.8 Å². The molecule has 0 bridgehead atoms. The third-order valence-electron chi connectivity index (χ3n) is 0.956. The molecule has 0 aliphatic heterocycles. The van der Waals surface area contributed by atoms with Gasteiger partial charge in [0.2, 0.25) is 10.5 Å². The van der Waals surface area contributed by atoms with Crippen LogP contribution >= 0.6 is 23.2 Å². The highest BCUT2D eigenvalue weighted by molar-refractivity contribution is 6.73. The highest BCUT2D eigenvalue weighted by Gasteiger charge is 2.20. The average Bonchev–Trinajstić information content (AvgIpc) is 2.24. The maximum absolute atomic E-state index is 10.3. The zero-order valence-corrected chi connectivity index (χ0v) is 15.8. The smallest absolute Gasteiger partial charge is 0.300 e. The molecule has 0 saturated heterocycles. The summed E-state index contributed by atoms with van der Waals surface area (Å²) in [5.74, 6) is -4.16. The van der Waals surface area contributed by atoms with E-state index in [1.807, 2.05) is 0 Å². The van der Waals surface area contributed by atoms with Crippen molar-refractivity contribution < 1.29 is 49.2 Å². The summed E-state index contributed by atoms with van der Waals surface area (Å²) < 4.78 is 0. The molecule has 0 aromatic rings. The Labute approximate surface area is 154 Å². The number of halogens is 2. The van der Waals surface area contributed by atoms with Gasteiger partial charge in [0.25, 0.3) is 23.9 Å². The standard InChI is InChI=1S/C5H6Cl2O2.4C2H4O2/c1-2-3(4(6)8)5(7)9;4*1-2(3)4/h3H,2H2,1H3;4*1H3,(H,3,4). The van der Waals surface area contributed by atoms with Crippen LogP contribution in [0.3, 0.4) is 0 Å².